The highest BCUT2D eigenvalue weighted by molar-refractivity contribution is 6.31. The van der Waals surface area contributed by atoms with Crippen LogP contribution in [0.1, 0.15) is 40.0 Å². The molecule has 4 aromatic rings. The van der Waals surface area contributed by atoms with Crippen LogP contribution in [-0.4, -0.2) is 23.3 Å². The van der Waals surface area contributed by atoms with Crippen molar-refractivity contribution >= 4 is 34.7 Å². The van der Waals surface area contributed by atoms with Gasteiger partial charge in [-0.05, 0) is 75.7 Å². The first-order valence-electron chi connectivity index (χ1n) is 10.3. The van der Waals surface area contributed by atoms with E-state index in [9.17, 15) is 4.79 Å². The largest absolute Gasteiger partial charge is 0.494 e. The number of carbonyl (C=O) groups is 1. The second kappa shape index (κ2) is 8.93. The smallest absolute Gasteiger partial charge is 0.307 e. The summed E-state index contributed by atoms with van der Waals surface area (Å²) in [5.74, 6) is 0.497. The van der Waals surface area contributed by atoms with Gasteiger partial charge in [-0.2, -0.15) is 5.10 Å². The number of ether oxygens (including phenoxy) is 1. The van der Waals surface area contributed by atoms with Gasteiger partial charge in [-0.15, -0.1) is 0 Å². The molecule has 0 saturated heterocycles. The van der Waals surface area contributed by atoms with E-state index in [2.05, 4.69) is 15.1 Å². The number of furan rings is 1. The van der Waals surface area contributed by atoms with E-state index < -0.39 is 5.91 Å². The summed E-state index contributed by atoms with van der Waals surface area (Å²) in [5, 5.41) is 5.65. The van der Waals surface area contributed by atoms with Crippen molar-refractivity contribution in [3.63, 3.8) is 0 Å². The molecule has 7 heteroatoms. The van der Waals surface area contributed by atoms with Crippen LogP contribution < -0.4 is 10.2 Å². The summed E-state index contributed by atoms with van der Waals surface area (Å²) in [6.45, 7) is 8.52. The summed E-state index contributed by atoms with van der Waals surface area (Å²) < 4.78 is 13.3. The van der Waals surface area contributed by atoms with Crippen LogP contribution in [0.25, 0.3) is 16.7 Å². The Hall–Kier alpha value is -3.51. The summed E-state index contributed by atoms with van der Waals surface area (Å²) in [4.78, 5) is 12.5. The van der Waals surface area contributed by atoms with Gasteiger partial charge in [0.05, 0.1) is 12.8 Å². The molecule has 0 fully saturated rings. The van der Waals surface area contributed by atoms with E-state index >= 15 is 0 Å². The maximum absolute atomic E-state index is 12.5. The number of fused-ring (bicyclic) bond motifs is 1. The number of hydrazone groups is 1. The molecule has 1 amide bonds. The molecule has 0 aliphatic rings. The van der Waals surface area contributed by atoms with Crippen LogP contribution in [0.4, 0.5) is 0 Å². The molecule has 1 N–H and O–H groups in total. The SMILES string of the molecule is CCOc1ccc2oc(C(=O)N/N=C/c3cc(C)n(-c4cccc(Cl)c4C)c3C)cc2c1. The molecule has 0 bridgehead atoms. The van der Waals surface area contributed by atoms with Gasteiger partial charge >= 0.3 is 5.91 Å². The summed E-state index contributed by atoms with van der Waals surface area (Å²) >= 11 is 6.30. The number of amides is 1. The Morgan fingerprint density at radius 2 is 2.00 bits per heavy atom. The molecule has 2 heterocycles. The second-order valence-electron chi connectivity index (χ2n) is 7.49. The van der Waals surface area contributed by atoms with Crippen LogP contribution in [-0.2, 0) is 0 Å². The predicted molar refractivity (Wildman–Crippen MR) is 127 cm³/mol. The van der Waals surface area contributed by atoms with Gasteiger partial charge in [0.25, 0.3) is 0 Å². The van der Waals surface area contributed by atoms with Crippen LogP contribution in [0.5, 0.6) is 5.75 Å². The van der Waals surface area contributed by atoms with E-state index in [4.69, 9.17) is 20.8 Å². The van der Waals surface area contributed by atoms with E-state index in [0.717, 1.165) is 44.4 Å². The lowest BCUT2D eigenvalue weighted by Gasteiger charge is -2.13. The van der Waals surface area contributed by atoms with Crippen molar-refractivity contribution in [1.82, 2.24) is 9.99 Å². The number of halogens is 1. The monoisotopic (exact) mass is 449 g/mol. The third kappa shape index (κ3) is 4.14. The van der Waals surface area contributed by atoms with Crippen molar-refractivity contribution in [2.24, 2.45) is 5.10 Å². The molecule has 2 aromatic heterocycles. The molecule has 0 aliphatic carbocycles. The van der Waals surface area contributed by atoms with Gasteiger partial charge in [0.15, 0.2) is 5.76 Å². The van der Waals surface area contributed by atoms with Gasteiger partial charge in [0, 0.05) is 33.0 Å². The zero-order valence-corrected chi connectivity index (χ0v) is 19.2. The molecule has 164 valence electrons. The lowest BCUT2D eigenvalue weighted by Crippen LogP contribution is -2.16. The van der Waals surface area contributed by atoms with Gasteiger partial charge in [0.2, 0.25) is 0 Å². The number of benzene rings is 2. The topological polar surface area (TPSA) is 68.8 Å². The molecular formula is C25H24ClN3O3. The Balaban J connectivity index is 1.52. The first-order valence-corrected chi connectivity index (χ1v) is 10.7. The Morgan fingerprint density at radius 3 is 2.78 bits per heavy atom. The van der Waals surface area contributed by atoms with Crippen molar-refractivity contribution < 1.29 is 13.9 Å². The lowest BCUT2D eigenvalue weighted by molar-refractivity contribution is 0.0929. The molecule has 0 saturated carbocycles. The maximum atomic E-state index is 12.5. The minimum atomic E-state index is -0.421. The Morgan fingerprint density at radius 1 is 1.19 bits per heavy atom. The average Bonchev–Trinajstić information content (AvgIpc) is 3.31. The van der Waals surface area contributed by atoms with Gasteiger partial charge in [-0.3, -0.25) is 4.79 Å². The third-order valence-corrected chi connectivity index (χ3v) is 5.75. The minimum absolute atomic E-state index is 0.186. The standard InChI is InChI=1S/C25H24ClN3O3/c1-5-31-20-9-10-23-18(12-20)13-24(32-23)25(30)28-27-14-19-11-15(2)29(17(19)4)22-8-6-7-21(26)16(22)3/h6-14H,5H2,1-4H3,(H,28,30)/b27-14+. The van der Waals surface area contributed by atoms with E-state index in [1.54, 1.807) is 18.3 Å². The maximum Gasteiger partial charge on any atom is 0.307 e. The zero-order valence-electron chi connectivity index (χ0n) is 18.4. The summed E-state index contributed by atoms with van der Waals surface area (Å²) in [7, 11) is 0. The van der Waals surface area contributed by atoms with Crippen LogP contribution in [0.2, 0.25) is 5.02 Å². The Labute approximate surface area is 191 Å². The molecule has 6 nitrogen and oxygen atoms in total. The number of rotatable bonds is 6. The normalized spacial score (nSPS) is 11.4. The van der Waals surface area contributed by atoms with E-state index in [-0.39, 0.29) is 5.76 Å². The van der Waals surface area contributed by atoms with E-state index in [1.165, 1.54) is 0 Å². The summed E-state index contributed by atoms with van der Waals surface area (Å²) in [6.07, 6.45) is 1.63. The summed E-state index contributed by atoms with van der Waals surface area (Å²) in [5.41, 5.74) is 8.12. The van der Waals surface area contributed by atoms with Crippen LogP contribution in [0.15, 0.2) is 58.0 Å². The van der Waals surface area contributed by atoms with Crippen molar-refractivity contribution in [2.75, 3.05) is 6.61 Å². The molecule has 0 atom stereocenters. The zero-order chi connectivity index (χ0) is 22.8. The number of carbonyl (C=O) groups excluding carboxylic acids is 1. The molecule has 0 unspecified atom stereocenters. The fourth-order valence-corrected chi connectivity index (χ4v) is 3.90. The molecule has 0 aliphatic heterocycles. The van der Waals surface area contributed by atoms with Gasteiger partial charge in [-0.25, -0.2) is 5.43 Å². The van der Waals surface area contributed by atoms with Crippen molar-refractivity contribution in [3.8, 4) is 11.4 Å². The quantitative estimate of drug-likeness (QED) is 0.291. The lowest BCUT2D eigenvalue weighted by atomic mass is 10.2. The van der Waals surface area contributed by atoms with E-state index in [0.29, 0.717) is 12.2 Å². The van der Waals surface area contributed by atoms with E-state index in [1.807, 2.05) is 64.1 Å². The highest BCUT2D eigenvalue weighted by Crippen LogP contribution is 2.27. The fraction of sp³-hybridized carbons (Fsp3) is 0.200. The number of aromatic nitrogens is 1. The highest BCUT2D eigenvalue weighted by atomic mass is 35.5. The van der Waals surface area contributed by atoms with Gasteiger partial charge in [-0.1, -0.05) is 17.7 Å². The first-order chi connectivity index (χ1) is 15.4. The Kier molecular flexibility index (Phi) is 6.06. The van der Waals surface area contributed by atoms with Crippen molar-refractivity contribution in [3.05, 3.63) is 81.8 Å². The molecule has 0 spiro atoms. The van der Waals surface area contributed by atoms with Crippen molar-refractivity contribution in [2.45, 2.75) is 27.7 Å². The number of nitrogens with one attached hydrogen (secondary N) is 1. The first kappa shape index (κ1) is 21.7. The molecule has 2 aromatic carbocycles. The number of nitrogens with zero attached hydrogens (tertiary/aromatic N) is 2. The van der Waals surface area contributed by atoms with Gasteiger partial charge in [0.1, 0.15) is 11.3 Å². The average molecular weight is 450 g/mol. The van der Waals surface area contributed by atoms with Crippen LogP contribution in [0.3, 0.4) is 0 Å². The van der Waals surface area contributed by atoms with Crippen LogP contribution in [0, 0.1) is 20.8 Å². The molecule has 4 rings (SSSR count). The Bertz CT molecular complexity index is 1330. The van der Waals surface area contributed by atoms with Crippen molar-refractivity contribution in [1.29, 1.82) is 0 Å². The van der Waals surface area contributed by atoms with Crippen LogP contribution >= 0.6 is 11.6 Å². The number of aryl methyl sites for hydroxylation is 1. The third-order valence-electron chi connectivity index (χ3n) is 5.34. The number of hydrogen-bond donors (Lipinski definition) is 1. The highest BCUT2D eigenvalue weighted by Gasteiger charge is 2.14. The number of hydrogen-bond acceptors (Lipinski definition) is 4. The molecular weight excluding hydrogens is 426 g/mol. The molecule has 0 radical (unpaired) electrons. The predicted octanol–water partition coefficient (Wildman–Crippen LogP) is 5.96. The second-order valence-corrected chi connectivity index (χ2v) is 7.90. The molecule has 32 heavy (non-hydrogen) atoms. The van der Waals surface area contributed by atoms with Gasteiger partial charge < -0.3 is 13.7 Å². The minimum Gasteiger partial charge on any atom is -0.494 e. The fourth-order valence-electron chi connectivity index (χ4n) is 3.73. The summed E-state index contributed by atoms with van der Waals surface area (Å²) in [6, 6.07) is 15.0.